The van der Waals surface area contributed by atoms with Gasteiger partial charge in [0.1, 0.15) is 0 Å². The highest BCUT2D eigenvalue weighted by Crippen LogP contribution is 2.22. The minimum absolute atomic E-state index is 0.445. The molecule has 1 fully saturated rings. The highest BCUT2D eigenvalue weighted by Gasteiger charge is 2.27. The fourth-order valence-electron chi connectivity index (χ4n) is 2.61. The molecular formula is C15H23NO. The quantitative estimate of drug-likeness (QED) is 0.849. The summed E-state index contributed by atoms with van der Waals surface area (Å²) < 4.78 is 0. The van der Waals surface area contributed by atoms with Crippen LogP contribution in [0.25, 0.3) is 0 Å². The van der Waals surface area contributed by atoms with E-state index in [2.05, 4.69) is 36.9 Å². The number of benzene rings is 1. The monoisotopic (exact) mass is 233 g/mol. The molecule has 0 saturated carbocycles. The van der Waals surface area contributed by atoms with Crippen LogP contribution in [0.15, 0.2) is 18.2 Å². The predicted octanol–water partition coefficient (Wildman–Crippen LogP) is 2.65. The fraction of sp³-hybridized carbons (Fsp3) is 0.600. The van der Waals surface area contributed by atoms with Gasteiger partial charge < -0.3 is 5.11 Å². The van der Waals surface area contributed by atoms with Crippen LogP contribution in [-0.4, -0.2) is 28.7 Å². The van der Waals surface area contributed by atoms with Gasteiger partial charge in [0.2, 0.25) is 0 Å². The average molecular weight is 233 g/mol. The lowest BCUT2D eigenvalue weighted by atomic mass is 9.93. The molecule has 0 aliphatic carbocycles. The average Bonchev–Trinajstić information content (AvgIpc) is 2.20. The van der Waals surface area contributed by atoms with Crippen LogP contribution in [-0.2, 0) is 6.54 Å². The maximum atomic E-state index is 9.92. The number of likely N-dealkylation sites (tertiary alicyclic amines) is 1. The van der Waals surface area contributed by atoms with E-state index in [1.54, 1.807) is 0 Å². The highest BCUT2D eigenvalue weighted by atomic mass is 16.3. The van der Waals surface area contributed by atoms with Crippen LogP contribution in [0.1, 0.15) is 36.5 Å². The van der Waals surface area contributed by atoms with E-state index in [9.17, 15) is 5.11 Å². The van der Waals surface area contributed by atoms with Crippen LogP contribution in [0, 0.1) is 13.8 Å². The number of aliphatic hydroxyl groups is 1. The molecule has 0 spiro atoms. The van der Waals surface area contributed by atoms with Gasteiger partial charge in [-0.1, -0.05) is 29.3 Å². The Morgan fingerprint density at radius 1 is 1.12 bits per heavy atom. The molecule has 0 unspecified atom stereocenters. The Morgan fingerprint density at radius 2 is 1.65 bits per heavy atom. The summed E-state index contributed by atoms with van der Waals surface area (Å²) in [4.78, 5) is 2.44. The molecule has 2 heteroatoms. The molecule has 1 saturated heterocycles. The molecule has 0 radical (unpaired) electrons. The molecule has 1 aromatic rings. The van der Waals surface area contributed by atoms with Crippen molar-refractivity contribution in [3.63, 3.8) is 0 Å². The Balaban J connectivity index is 1.97. The molecule has 94 valence electrons. The number of aryl methyl sites for hydroxylation is 2. The molecule has 0 amide bonds. The van der Waals surface area contributed by atoms with E-state index in [4.69, 9.17) is 0 Å². The zero-order valence-electron chi connectivity index (χ0n) is 11.2. The van der Waals surface area contributed by atoms with Crippen molar-refractivity contribution < 1.29 is 5.11 Å². The topological polar surface area (TPSA) is 23.5 Å². The summed E-state index contributed by atoms with van der Waals surface area (Å²) in [5, 5.41) is 9.92. The summed E-state index contributed by atoms with van der Waals surface area (Å²) in [7, 11) is 0. The Morgan fingerprint density at radius 3 is 2.18 bits per heavy atom. The number of piperidine rings is 1. The number of hydrogen-bond donors (Lipinski definition) is 1. The van der Waals surface area contributed by atoms with Crippen molar-refractivity contribution in [3.8, 4) is 0 Å². The number of nitrogens with zero attached hydrogens (tertiary/aromatic N) is 1. The van der Waals surface area contributed by atoms with Crippen LogP contribution in [0.5, 0.6) is 0 Å². The second kappa shape index (κ2) is 4.79. The lowest BCUT2D eigenvalue weighted by Crippen LogP contribution is -2.41. The van der Waals surface area contributed by atoms with E-state index < -0.39 is 5.60 Å². The van der Waals surface area contributed by atoms with Crippen LogP contribution in [0.4, 0.5) is 0 Å². The lowest BCUT2D eigenvalue weighted by Gasteiger charge is -2.35. The zero-order valence-corrected chi connectivity index (χ0v) is 11.2. The van der Waals surface area contributed by atoms with Crippen molar-refractivity contribution in [3.05, 3.63) is 34.9 Å². The van der Waals surface area contributed by atoms with Gasteiger partial charge >= 0.3 is 0 Å². The SMILES string of the molecule is Cc1cc(C)cc(CN2CCC(C)(O)CC2)c1. The maximum Gasteiger partial charge on any atom is 0.0644 e. The van der Waals surface area contributed by atoms with E-state index in [-0.39, 0.29) is 0 Å². The molecule has 2 nitrogen and oxygen atoms in total. The van der Waals surface area contributed by atoms with Crippen LogP contribution in [0.2, 0.25) is 0 Å². The molecule has 1 aliphatic rings. The van der Waals surface area contributed by atoms with E-state index >= 15 is 0 Å². The Bertz CT molecular complexity index is 368. The van der Waals surface area contributed by atoms with E-state index in [0.29, 0.717) is 0 Å². The third-order valence-electron chi connectivity index (χ3n) is 3.62. The van der Waals surface area contributed by atoms with E-state index in [0.717, 1.165) is 32.5 Å². The minimum Gasteiger partial charge on any atom is -0.390 e. The van der Waals surface area contributed by atoms with Crippen molar-refractivity contribution in [2.45, 2.75) is 45.8 Å². The first-order chi connectivity index (χ1) is 7.94. The Labute approximate surface area is 104 Å². The molecule has 2 rings (SSSR count). The summed E-state index contributed by atoms with van der Waals surface area (Å²) in [5.41, 5.74) is 3.62. The fourth-order valence-corrected chi connectivity index (χ4v) is 2.61. The molecular weight excluding hydrogens is 210 g/mol. The first-order valence-electron chi connectivity index (χ1n) is 6.47. The van der Waals surface area contributed by atoms with Crippen molar-refractivity contribution in [1.82, 2.24) is 4.90 Å². The Kier molecular flexibility index (Phi) is 3.55. The van der Waals surface area contributed by atoms with Gasteiger partial charge in [0.25, 0.3) is 0 Å². The van der Waals surface area contributed by atoms with Crippen molar-refractivity contribution in [1.29, 1.82) is 0 Å². The summed E-state index contributed by atoms with van der Waals surface area (Å²) in [6, 6.07) is 6.74. The van der Waals surface area contributed by atoms with Crippen LogP contribution in [0.3, 0.4) is 0 Å². The summed E-state index contributed by atoms with van der Waals surface area (Å²) in [6.45, 7) is 9.26. The molecule has 0 aromatic heterocycles. The first kappa shape index (κ1) is 12.6. The maximum absolute atomic E-state index is 9.92. The second-order valence-electron chi connectivity index (χ2n) is 5.77. The molecule has 1 N–H and O–H groups in total. The van der Waals surface area contributed by atoms with Gasteiger partial charge in [-0.2, -0.15) is 0 Å². The third-order valence-corrected chi connectivity index (χ3v) is 3.62. The predicted molar refractivity (Wildman–Crippen MR) is 71.1 cm³/mol. The number of hydrogen-bond acceptors (Lipinski definition) is 2. The Hall–Kier alpha value is -0.860. The van der Waals surface area contributed by atoms with Gasteiger partial charge in [-0.05, 0) is 39.2 Å². The normalized spacial score (nSPS) is 20.5. The summed E-state index contributed by atoms with van der Waals surface area (Å²) in [5.74, 6) is 0. The molecule has 1 heterocycles. The third kappa shape index (κ3) is 3.55. The highest BCUT2D eigenvalue weighted by molar-refractivity contribution is 5.28. The summed E-state index contributed by atoms with van der Waals surface area (Å²) in [6.07, 6.45) is 1.77. The van der Waals surface area contributed by atoms with Crippen molar-refractivity contribution in [2.75, 3.05) is 13.1 Å². The second-order valence-corrected chi connectivity index (χ2v) is 5.77. The molecule has 1 aliphatic heterocycles. The van der Waals surface area contributed by atoms with E-state index in [1.165, 1.54) is 16.7 Å². The van der Waals surface area contributed by atoms with Crippen molar-refractivity contribution >= 4 is 0 Å². The lowest BCUT2D eigenvalue weighted by molar-refractivity contribution is -0.00730. The van der Waals surface area contributed by atoms with Gasteiger partial charge in [0.15, 0.2) is 0 Å². The number of rotatable bonds is 2. The molecule has 17 heavy (non-hydrogen) atoms. The minimum atomic E-state index is -0.445. The van der Waals surface area contributed by atoms with Gasteiger partial charge in [-0.25, -0.2) is 0 Å². The van der Waals surface area contributed by atoms with E-state index in [1.807, 2.05) is 6.92 Å². The van der Waals surface area contributed by atoms with Gasteiger partial charge in [0.05, 0.1) is 5.60 Å². The largest absolute Gasteiger partial charge is 0.390 e. The zero-order chi connectivity index (χ0) is 12.5. The van der Waals surface area contributed by atoms with Crippen LogP contribution >= 0.6 is 0 Å². The van der Waals surface area contributed by atoms with Crippen LogP contribution < -0.4 is 0 Å². The van der Waals surface area contributed by atoms with Gasteiger partial charge in [-0.15, -0.1) is 0 Å². The molecule has 0 atom stereocenters. The first-order valence-corrected chi connectivity index (χ1v) is 6.47. The molecule has 1 aromatic carbocycles. The summed E-state index contributed by atoms with van der Waals surface area (Å²) >= 11 is 0. The standard InChI is InChI=1S/C15H23NO/c1-12-8-13(2)10-14(9-12)11-16-6-4-15(3,17)5-7-16/h8-10,17H,4-7,11H2,1-3H3. The van der Waals surface area contributed by atoms with Crippen molar-refractivity contribution in [2.24, 2.45) is 0 Å². The smallest absolute Gasteiger partial charge is 0.0644 e. The molecule has 0 bridgehead atoms. The van der Waals surface area contributed by atoms with Gasteiger partial charge in [0, 0.05) is 19.6 Å². The van der Waals surface area contributed by atoms with Gasteiger partial charge in [-0.3, -0.25) is 4.90 Å².